The van der Waals surface area contributed by atoms with Gasteiger partial charge in [0.2, 0.25) is 5.78 Å². The number of hydrogen-bond donors (Lipinski definition) is 0. The monoisotopic (exact) mass is 1120 g/mol. The number of carbonyl (C=O) groups is 1. The molecule has 4 aromatic heterocycles. The number of hydrogen-bond acceptors (Lipinski definition) is 6. The third-order valence-electron chi connectivity index (χ3n) is 8.87. The molecule has 0 unspecified atom stereocenters. The Hall–Kier alpha value is -6.45. The Morgan fingerprint density at radius 3 is 1.27 bits per heavy atom. The Labute approximate surface area is 373 Å². The van der Waals surface area contributed by atoms with Gasteiger partial charge in [0.05, 0.1) is 0 Å². The van der Waals surface area contributed by atoms with Crippen LogP contribution >= 0.6 is 0 Å². The average molecular weight is 1120 g/mol. The van der Waals surface area contributed by atoms with E-state index in [0.717, 1.165) is 50.7 Å². The summed E-state index contributed by atoms with van der Waals surface area (Å²) in [5.74, 6) is -0.208. The van der Waals surface area contributed by atoms with Crippen LogP contribution in [0.1, 0.15) is 16.2 Å². The molecule has 0 saturated carbocycles. The molecule has 59 heavy (non-hydrogen) atoms. The van der Waals surface area contributed by atoms with E-state index in [0.29, 0.717) is 22.8 Å². The molecular formula is C51H33N5OPt2. The van der Waals surface area contributed by atoms with Gasteiger partial charge in [-0.05, 0) is 70.5 Å². The van der Waals surface area contributed by atoms with Gasteiger partial charge >= 0.3 is 42.1 Å². The van der Waals surface area contributed by atoms with Crippen molar-refractivity contribution in [2.24, 2.45) is 0 Å². The molecule has 8 heteroatoms. The Bertz CT molecular complexity index is 2540. The normalized spacial score (nSPS) is 10.2. The van der Waals surface area contributed by atoms with Crippen LogP contribution in [-0.4, -0.2) is 25.7 Å². The van der Waals surface area contributed by atoms with E-state index in [2.05, 4.69) is 73.4 Å². The minimum absolute atomic E-state index is 0. The number of pyridine rings is 4. The molecule has 0 amide bonds. The van der Waals surface area contributed by atoms with Gasteiger partial charge in [-0.2, -0.15) is 0 Å². The molecule has 5 aromatic carbocycles. The predicted octanol–water partition coefficient (Wildman–Crippen LogP) is 11.5. The minimum atomic E-state index is -0.208. The number of aromatic nitrogens is 4. The van der Waals surface area contributed by atoms with Gasteiger partial charge in [0.15, 0.2) is 0 Å². The van der Waals surface area contributed by atoms with Crippen LogP contribution in [-0.2, 0) is 42.1 Å². The van der Waals surface area contributed by atoms with Crippen molar-refractivity contribution in [1.29, 1.82) is 0 Å². The summed E-state index contributed by atoms with van der Waals surface area (Å²) in [6.45, 7) is 0. The number of nitrogens with zero attached hydrogens (tertiary/aromatic N) is 5. The van der Waals surface area contributed by atoms with Crippen LogP contribution in [0.4, 0.5) is 17.1 Å². The van der Waals surface area contributed by atoms with Gasteiger partial charge in [-0.15, -0.1) is 131 Å². The first-order valence-electron chi connectivity index (χ1n) is 18.4. The van der Waals surface area contributed by atoms with E-state index in [9.17, 15) is 4.79 Å². The van der Waals surface area contributed by atoms with Gasteiger partial charge in [0.25, 0.3) is 0 Å². The summed E-state index contributed by atoms with van der Waals surface area (Å²) in [4.78, 5) is 33.0. The van der Waals surface area contributed by atoms with E-state index in [-0.39, 0.29) is 47.9 Å². The quantitative estimate of drug-likeness (QED) is 0.106. The Balaban J connectivity index is 0.000000195. The second-order valence-corrected chi connectivity index (χ2v) is 12.7. The molecule has 0 atom stereocenters. The summed E-state index contributed by atoms with van der Waals surface area (Å²) < 4.78 is 0. The van der Waals surface area contributed by atoms with Crippen LogP contribution in [0.3, 0.4) is 0 Å². The Morgan fingerprint density at radius 1 is 0.407 bits per heavy atom. The largest absolute Gasteiger partial charge is 2.00 e. The second kappa shape index (κ2) is 20.8. The maximum Gasteiger partial charge on any atom is 2.00 e. The topological polar surface area (TPSA) is 71.9 Å². The van der Waals surface area contributed by atoms with E-state index >= 15 is 0 Å². The van der Waals surface area contributed by atoms with Crippen LogP contribution in [0.25, 0.3) is 45.0 Å². The van der Waals surface area contributed by atoms with Crippen LogP contribution in [0.5, 0.6) is 0 Å². The van der Waals surface area contributed by atoms with Crippen molar-refractivity contribution in [1.82, 2.24) is 19.9 Å². The third kappa shape index (κ3) is 10.5. The molecule has 9 aromatic rings. The number of carbonyl (C=O) groups excluding carboxylic acids is 1. The van der Waals surface area contributed by atoms with Crippen LogP contribution in [0, 0.1) is 24.3 Å². The third-order valence-corrected chi connectivity index (χ3v) is 8.87. The fraction of sp³-hybridized carbons (Fsp3) is 0. The molecule has 0 aliphatic carbocycles. The van der Waals surface area contributed by atoms with E-state index in [1.165, 1.54) is 0 Å². The SMILES string of the molecule is O=C(c1cccc(-c2[c-]cccc2)n1)c1cccc(-c2[c-]cccc2)n1.[Pt+2].[Pt+2].[c-]1c(-c2ccccn2)cccc1N(c1[c-]c(-c2ccccn2)ccc1)c1ccccc1. The van der Waals surface area contributed by atoms with Gasteiger partial charge in [-0.1, -0.05) is 66.7 Å². The second-order valence-electron chi connectivity index (χ2n) is 12.7. The number of para-hydroxylation sites is 1. The van der Waals surface area contributed by atoms with Crippen molar-refractivity contribution in [2.75, 3.05) is 4.90 Å². The Kier molecular flexibility index (Phi) is 14.9. The summed E-state index contributed by atoms with van der Waals surface area (Å²) in [6.07, 6.45) is 3.60. The first-order chi connectivity index (χ1) is 28.2. The average Bonchev–Trinajstić information content (AvgIpc) is 3.31. The fourth-order valence-electron chi connectivity index (χ4n) is 6.16. The van der Waals surface area contributed by atoms with Crippen LogP contribution in [0.2, 0.25) is 0 Å². The zero-order valence-corrected chi connectivity index (χ0v) is 35.9. The van der Waals surface area contributed by atoms with E-state index in [4.69, 9.17) is 0 Å². The number of benzene rings is 5. The summed E-state index contributed by atoms with van der Waals surface area (Å²) >= 11 is 0. The van der Waals surface area contributed by atoms with Gasteiger partial charge in [-0.25, -0.2) is 0 Å². The molecule has 0 N–H and O–H groups in total. The maximum atomic E-state index is 12.9. The predicted molar refractivity (Wildman–Crippen MR) is 226 cm³/mol. The van der Waals surface area contributed by atoms with Crippen LogP contribution in [0.15, 0.2) is 200 Å². The van der Waals surface area contributed by atoms with Gasteiger partial charge in [0.1, 0.15) is 11.4 Å². The van der Waals surface area contributed by atoms with Crippen molar-refractivity contribution in [3.05, 3.63) is 236 Å². The molecule has 0 radical (unpaired) electrons. The summed E-state index contributed by atoms with van der Waals surface area (Å²) in [7, 11) is 0. The van der Waals surface area contributed by atoms with Crippen LogP contribution < -0.4 is 4.90 Å². The van der Waals surface area contributed by atoms with Crippen molar-refractivity contribution >= 4 is 22.8 Å². The van der Waals surface area contributed by atoms with Crippen molar-refractivity contribution < 1.29 is 46.9 Å². The molecule has 288 valence electrons. The smallest absolute Gasteiger partial charge is 0.346 e. The molecule has 0 aliphatic rings. The summed E-state index contributed by atoms with van der Waals surface area (Å²) in [5.41, 5.74) is 10.4. The molecule has 0 bridgehead atoms. The molecule has 0 fully saturated rings. The number of rotatable bonds is 9. The first kappa shape index (κ1) is 42.2. The number of anilines is 3. The number of ketones is 1. The minimum Gasteiger partial charge on any atom is -0.346 e. The summed E-state index contributed by atoms with van der Waals surface area (Å²) in [6, 6.07) is 73.6. The first-order valence-corrected chi connectivity index (χ1v) is 18.4. The standard InChI is InChI=1S/C28H19N3.C23H14N2O.2Pt/c1-2-12-24(13-3-1)31(25-14-8-10-22(20-25)27-16-4-6-18-29-27)26-15-9-11-23(21-26)28-17-5-7-19-30-28;26-23(21-15-7-13-19(24-21)17-9-3-1-4-10-17)22-16-8-14-20(25-22)18-11-5-2-6-12-18;;/h1-19H;1-9,11,13-16H;;/q2*-2;2*+2. The van der Waals surface area contributed by atoms with E-state index in [1.54, 1.807) is 24.5 Å². The fourth-order valence-corrected chi connectivity index (χ4v) is 6.16. The maximum absolute atomic E-state index is 12.9. The van der Waals surface area contributed by atoms with E-state index < -0.39 is 0 Å². The molecule has 6 nitrogen and oxygen atoms in total. The van der Waals surface area contributed by atoms with Crippen molar-refractivity contribution in [3.8, 4) is 45.0 Å². The van der Waals surface area contributed by atoms with Crippen molar-refractivity contribution in [3.63, 3.8) is 0 Å². The van der Waals surface area contributed by atoms with Crippen molar-refractivity contribution in [2.45, 2.75) is 0 Å². The molecule has 9 rings (SSSR count). The summed E-state index contributed by atoms with van der Waals surface area (Å²) in [5, 5.41) is 0. The molecular weight excluding hydrogens is 1090 g/mol. The zero-order valence-electron chi connectivity index (χ0n) is 31.3. The zero-order chi connectivity index (χ0) is 38.7. The van der Waals surface area contributed by atoms with Gasteiger partial charge in [-0.3, -0.25) is 14.8 Å². The molecule has 0 aliphatic heterocycles. The Morgan fingerprint density at radius 2 is 0.831 bits per heavy atom. The molecule has 0 saturated heterocycles. The van der Waals surface area contributed by atoms with E-state index in [1.807, 2.05) is 152 Å². The molecule has 0 spiro atoms. The van der Waals surface area contributed by atoms with Gasteiger partial charge < -0.3 is 14.9 Å². The van der Waals surface area contributed by atoms with Gasteiger partial charge in [0, 0.05) is 18.1 Å². The molecule has 4 heterocycles.